The minimum absolute atomic E-state index is 0.0588. The van der Waals surface area contributed by atoms with Gasteiger partial charge in [-0.15, -0.1) is 11.3 Å². The van der Waals surface area contributed by atoms with E-state index in [1.807, 2.05) is 36.6 Å². The van der Waals surface area contributed by atoms with Gasteiger partial charge in [0.05, 0.1) is 0 Å². The number of halogens is 1. The van der Waals surface area contributed by atoms with E-state index in [0.29, 0.717) is 10.8 Å². The molecule has 2 aromatic carbocycles. The van der Waals surface area contributed by atoms with Gasteiger partial charge in [0.15, 0.2) is 6.61 Å². The normalized spacial score (nSPS) is 10.4. The number of rotatable bonds is 5. The van der Waals surface area contributed by atoms with E-state index in [0.717, 1.165) is 21.8 Å². The highest BCUT2D eigenvalue weighted by atomic mass is 35.5. The SMILES string of the molecule is Cc1cc(Cl)ccc1OCC(=O)Nc1ccc(-c2nccs2)cc1. The average molecular weight is 359 g/mol. The Kier molecular flexibility index (Phi) is 5.13. The fraction of sp³-hybridized carbons (Fsp3) is 0.111. The molecule has 1 heterocycles. The summed E-state index contributed by atoms with van der Waals surface area (Å²) in [5.74, 6) is 0.431. The van der Waals surface area contributed by atoms with Gasteiger partial charge in [0, 0.05) is 27.9 Å². The Morgan fingerprint density at radius 1 is 1.25 bits per heavy atom. The van der Waals surface area contributed by atoms with Gasteiger partial charge in [0.1, 0.15) is 10.8 Å². The molecule has 3 rings (SSSR count). The molecule has 24 heavy (non-hydrogen) atoms. The summed E-state index contributed by atoms with van der Waals surface area (Å²) >= 11 is 7.47. The van der Waals surface area contributed by atoms with Gasteiger partial charge >= 0.3 is 0 Å². The summed E-state index contributed by atoms with van der Waals surface area (Å²) < 4.78 is 5.53. The smallest absolute Gasteiger partial charge is 0.262 e. The second-order valence-electron chi connectivity index (χ2n) is 5.16. The first-order valence-electron chi connectivity index (χ1n) is 7.30. The molecule has 1 aromatic heterocycles. The molecule has 0 spiro atoms. The number of hydrogen-bond acceptors (Lipinski definition) is 4. The van der Waals surface area contributed by atoms with Gasteiger partial charge in [0.2, 0.25) is 0 Å². The number of ether oxygens (including phenoxy) is 1. The highest BCUT2D eigenvalue weighted by molar-refractivity contribution is 7.13. The largest absolute Gasteiger partial charge is 0.483 e. The van der Waals surface area contributed by atoms with Crippen LogP contribution in [0, 0.1) is 6.92 Å². The Balaban J connectivity index is 1.56. The van der Waals surface area contributed by atoms with Gasteiger partial charge in [-0.25, -0.2) is 4.98 Å². The lowest BCUT2D eigenvalue weighted by Crippen LogP contribution is -2.20. The summed E-state index contributed by atoms with van der Waals surface area (Å²) in [6.45, 7) is 1.83. The van der Waals surface area contributed by atoms with Crippen LogP contribution in [0.2, 0.25) is 5.02 Å². The van der Waals surface area contributed by atoms with Crippen molar-refractivity contribution < 1.29 is 9.53 Å². The Bertz CT molecular complexity index is 833. The highest BCUT2D eigenvalue weighted by Gasteiger charge is 2.07. The monoisotopic (exact) mass is 358 g/mol. The number of thiazole rings is 1. The van der Waals surface area contributed by atoms with E-state index in [1.54, 1.807) is 35.7 Å². The molecule has 0 radical (unpaired) electrons. The van der Waals surface area contributed by atoms with E-state index in [4.69, 9.17) is 16.3 Å². The summed E-state index contributed by atoms with van der Waals surface area (Å²) in [6, 6.07) is 12.8. The highest BCUT2D eigenvalue weighted by Crippen LogP contribution is 2.24. The summed E-state index contributed by atoms with van der Waals surface area (Å²) in [4.78, 5) is 16.3. The molecule has 4 nitrogen and oxygen atoms in total. The van der Waals surface area contributed by atoms with E-state index in [2.05, 4.69) is 10.3 Å². The second kappa shape index (κ2) is 7.47. The quantitative estimate of drug-likeness (QED) is 0.713. The van der Waals surface area contributed by atoms with Crippen molar-refractivity contribution >= 4 is 34.5 Å². The van der Waals surface area contributed by atoms with Crippen molar-refractivity contribution in [3.8, 4) is 16.3 Å². The number of carbonyl (C=O) groups is 1. The summed E-state index contributed by atoms with van der Waals surface area (Å²) in [6.07, 6.45) is 1.77. The number of anilines is 1. The molecule has 0 aliphatic heterocycles. The molecule has 1 amide bonds. The van der Waals surface area contributed by atoms with Crippen LogP contribution >= 0.6 is 22.9 Å². The van der Waals surface area contributed by atoms with Crippen LogP contribution in [0.3, 0.4) is 0 Å². The van der Waals surface area contributed by atoms with Crippen LogP contribution in [0.4, 0.5) is 5.69 Å². The minimum atomic E-state index is -0.216. The van der Waals surface area contributed by atoms with E-state index >= 15 is 0 Å². The molecule has 0 fully saturated rings. The van der Waals surface area contributed by atoms with Crippen molar-refractivity contribution in [3.63, 3.8) is 0 Å². The number of hydrogen-bond donors (Lipinski definition) is 1. The van der Waals surface area contributed by atoms with Crippen molar-refractivity contribution in [2.24, 2.45) is 0 Å². The lowest BCUT2D eigenvalue weighted by atomic mass is 10.2. The number of benzene rings is 2. The number of nitrogens with one attached hydrogen (secondary N) is 1. The Hall–Kier alpha value is -2.37. The van der Waals surface area contributed by atoms with E-state index in [1.165, 1.54) is 0 Å². The van der Waals surface area contributed by atoms with Gasteiger partial charge in [-0.3, -0.25) is 4.79 Å². The van der Waals surface area contributed by atoms with Crippen LogP contribution in [-0.4, -0.2) is 17.5 Å². The molecule has 0 atom stereocenters. The fourth-order valence-corrected chi connectivity index (χ4v) is 3.05. The molecule has 122 valence electrons. The fourth-order valence-electron chi connectivity index (χ4n) is 2.18. The topological polar surface area (TPSA) is 51.2 Å². The molecule has 6 heteroatoms. The predicted molar refractivity (Wildman–Crippen MR) is 97.9 cm³/mol. The van der Waals surface area contributed by atoms with Gasteiger partial charge < -0.3 is 10.1 Å². The maximum atomic E-state index is 12.0. The molecular weight excluding hydrogens is 344 g/mol. The molecule has 1 N–H and O–H groups in total. The molecule has 0 saturated carbocycles. The Morgan fingerprint density at radius 3 is 2.71 bits per heavy atom. The predicted octanol–water partition coefficient (Wildman–Crippen LogP) is 4.79. The Morgan fingerprint density at radius 2 is 2.04 bits per heavy atom. The third-order valence-electron chi connectivity index (χ3n) is 3.34. The van der Waals surface area contributed by atoms with Crippen LogP contribution in [0.1, 0.15) is 5.56 Å². The summed E-state index contributed by atoms with van der Waals surface area (Å²) in [5.41, 5.74) is 2.64. The lowest BCUT2D eigenvalue weighted by molar-refractivity contribution is -0.118. The minimum Gasteiger partial charge on any atom is -0.483 e. The van der Waals surface area contributed by atoms with Crippen LogP contribution in [0.25, 0.3) is 10.6 Å². The first kappa shape index (κ1) is 16.5. The van der Waals surface area contributed by atoms with Gasteiger partial charge in [-0.05, 0) is 55.0 Å². The number of amides is 1. The van der Waals surface area contributed by atoms with Crippen molar-refractivity contribution in [2.45, 2.75) is 6.92 Å². The summed E-state index contributed by atoms with van der Waals surface area (Å²) in [7, 11) is 0. The molecular formula is C18H15ClN2O2S. The van der Waals surface area contributed by atoms with Crippen molar-refractivity contribution in [3.05, 3.63) is 64.6 Å². The molecule has 0 aliphatic carbocycles. The van der Waals surface area contributed by atoms with Crippen molar-refractivity contribution in [2.75, 3.05) is 11.9 Å². The molecule has 0 bridgehead atoms. The summed E-state index contributed by atoms with van der Waals surface area (Å²) in [5, 5.41) is 6.34. The van der Waals surface area contributed by atoms with E-state index in [-0.39, 0.29) is 12.5 Å². The first-order chi connectivity index (χ1) is 11.6. The number of aryl methyl sites for hydroxylation is 1. The zero-order valence-electron chi connectivity index (χ0n) is 13.0. The third kappa shape index (κ3) is 4.13. The van der Waals surface area contributed by atoms with Crippen LogP contribution in [0.5, 0.6) is 5.75 Å². The molecule has 0 unspecified atom stereocenters. The van der Waals surface area contributed by atoms with Crippen LogP contribution in [-0.2, 0) is 4.79 Å². The maximum Gasteiger partial charge on any atom is 0.262 e. The van der Waals surface area contributed by atoms with Crippen molar-refractivity contribution in [1.82, 2.24) is 4.98 Å². The molecule has 0 aliphatic rings. The lowest BCUT2D eigenvalue weighted by Gasteiger charge is -2.10. The van der Waals surface area contributed by atoms with Gasteiger partial charge in [-0.1, -0.05) is 11.6 Å². The Labute approximate surface area is 149 Å². The first-order valence-corrected chi connectivity index (χ1v) is 8.56. The van der Waals surface area contributed by atoms with Gasteiger partial charge in [0.25, 0.3) is 5.91 Å². The average Bonchev–Trinajstić information content (AvgIpc) is 3.09. The number of nitrogens with zero attached hydrogens (tertiary/aromatic N) is 1. The number of carbonyl (C=O) groups excluding carboxylic acids is 1. The zero-order chi connectivity index (χ0) is 16.9. The maximum absolute atomic E-state index is 12.0. The molecule has 3 aromatic rings. The van der Waals surface area contributed by atoms with E-state index < -0.39 is 0 Å². The number of aromatic nitrogens is 1. The van der Waals surface area contributed by atoms with Crippen LogP contribution in [0.15, 0.2) is 54.0 Å². The van der Waals surface area contributed by atoms with Crippen molar-refractivity contribution in [1.29, 1.82) is 0 Å². The van der Waals surface area contributed by atoms with Gasteiger partial charge in [-0.2, -0.15) is 0 Å². The molecule has 0 saturated heterocycles. The third-order valence-corrected chi connectivity index (χ3v) is 4.40. The van der Waals surface area contributed by atoms with E-state index in [9.17, 15) is 4.79 Å². The zero-order valence-corrected chi connectivity index (χ0v) is 14.5. The standard InChI is InChI=1S/C18H15ClN2O2S/c1-12-10-14(19)4-7-16(12)23-11-17(22)21-15-5-2-13(3-6-15)18-20-8-9-24-18/h2-10H,11H2,1H3,(H,21,22). The second-order valence-corrected chi connectivity index (χ2v) is 6.49. The van der Waals surface area contributed by atoms with Crippen LogP contribution < -0.4 is 10.1 Å².